The summed E-state index contributed by atoms with van der Waals surface area (Å²) in [5.41, 5.74) is 1.79. The van der Waals surface area contributed by atoms with E-state index in [0.717, 1.165) is 12.0 Å². The molecule has 3 aromatic rings. The van der Waals surface area contributed by atoms with Gasteiger partial charge in [0.15, 0.2) is 0 Å². The zero-order valence-corrected chi connectivity index (χ0v) is 21.0. The highest BCUT2D eigenvalue weighted by atomic mass is 32.1. The van der Waals surface area contributed by atoms with E-state index in [9.17, 15) is 14.4 Å². The van der Waals surface area contributed by atoms with Crippen LogP contribution >= 0.6 is 11.3 Å². The fourth-order valence-corrected chi connectivity index (χ4v) is 5.73. The molecule has 180 valence electrons. The maximum Gasteiger partial charge on any atom is 0.266 e. The number of anilines is 1. The molecule has 0 saturated carbocycles. The van der Waals surface area contributed by atoms with Crippen molar-refractivity contribution in [3.05, 3.63) is 50.9 Å². The van der Waals surface area contributed by atoms with Gasteiger partial charge < -0.3 is 15.0 Å². The van der Waals surface area contributed by atoms with Crippen LogP contribution in [-0.4, -0.2) is 46.5 Å². The van der Waals surface area contributed by atoms with Gasteiger partial charge in [0, 0.05) is 13.1 Å². The summed E-state index contributed by atoms with van der Waals surface area (Å²) in [5.74, 6) is 1.02. The quantitative estimate of drug-likeness (QED) is 0.596. The van der Waals surface area contributed by atoms with Crippen molar-refractivity contribution in [3.63, 3.8) is 0 Å². The van der Waals surface area contributed by atoms with Crippen molar-refractivity contribution in [2.75, 3.05) is 25.5 Å². The predicted octanol–water partition coefficient (Wildman–Crippen LogP) is 3.84. The maximum atomic E-state index is 13.2. The first kappa shape index (κ1) is 23.9. The van der Waals surface area contributed by atoms with E-state index in [1.807, 2.05) is 24.0 Å². The number of hydrogen-bond acceptors (Lipinski definition) is 6. The Balaban J connectivity index is 1.60. The van der Waals surface area contributed by atoms with Crippen LogP contribution in [-0.2, 0) is 11.3 Å². The maximum absolute atomic E-state index is 13.2. The largest absolute Gasteiger partial charge is 0.495 e. The summed E-state index contributed by atoms with van der Waals surface area (Å²) in [6, 6.07) is 5.53. The van der Waals surface area contributed by atoms with Crippen molar-refractivity contribution in [2.45, 2.75) is 40.7 Å². The summed E-state index contributed by atoms with van der Waals surface area (Å²) < 4.78 is 6.70. The van der Waals surface area contributed by atoms with Gasteiger partial charge in [0.05, 0.1) is 29.4 Å². The average Bonchev–Trinajstić information content (AvgIpc) is 3.12. The van der Waals surface area contributed by atoms with Crippen LogP contribution in [0.4, 0.5) is 5.69 Å². The van der Waals surface area contributed by atoms with Crippen molar-refractivity contribution in [1.82, 2.24) is 14.5 Å². The molecule has 1 aliphatic rings. The summed E-state index contributed by atoms with van der Waals surface area (Å²) in [6.45, 7) is 9.31. The van der Waals surface area contributed by atoms with Gasteiger partial charge in [0.1, 0.15) is 17.1 Å². The van der Waals surface area contributed by atoms with Crippen molar-refractivity contribution in [1.29, 1.82) is 0 Å². The molecule has 1 N–H and O–H groups in total. The Kier molecular flexibility index (Phi) is 6.74. The smallest absolute Gasteiger partial charge is 0.266 e. The van der Waals surface area contributed by atoms with E-state index in [1.54, 1.807) is 20.1 Å². The van der Waals surface area contributed by atoms with Gasteiger partial charge in [0.2, 0.25) is 5.91 Å². The van der Waals surface area contributed by atoms with Crippen molar-refractivity contribution in [2.24, 2.45) is 11.8 Å². The number of rotatable bonds is 5. The number of likely N-dealkylation sites (tertiary alicyclic amines) is 1. The Hall–Kier alpha value is -3.20. The predicted molar refractivity (Wildman–Crippen MR) is 134 cm³/mol. The number of aromatic nitrogens is 2. The monoisotopic (exact) mass is 482 g/mol. The molecule has 9 heteroatoms. The topological polar surface area (TPSA) is 93.5 Å². The summed E-state index contributed by atoms with van der Waals surface area (Å²) in [5, 5.41) is 3.26. The summed E-state index contributed by atoms with van der Waals surface area (Å²) in [6.07, 6.45) is 2.51. The van der Waals surface area contributed by atoms with Gasteiger partial charge in [-0.1, -0.05) is 19.9 Å². The van der Waals surface area contributed by atoms with E-state index in [0.29, 0.717) is 57.0 Å². The standard InChI is InChI=1S/C25H30N4O4S/c1-14-6-7-19(33-5)18(9-14)27-23(31)22-17(4)21-24(34-22)26-13-29(25(21)32)12-20(30)28-10-15(2)8-16(3)11-28/h6-7,9,13,15-16H,8,10-12H2,1-5H3,(H,27,31)/t15-,16+. The molecule has 1 fully saturated rings. The van der Waals surface area contributed by atoms with E-state index >= 15 is 0 Å². The van der Waals surface area contributed by atoms with Gasteiger partial charge in [-0.05, 0) is 55.4 Å². The number of benzene rings is 1. The third kappa shape index (κ3) is 4.70. The highest BCUT2D eigenvalue weighted by molar-refractivity contribution is 7.20. The van der Waals surface area contributed by atoms with Gasteiger partial charge in [0.25, 0.3) is 11.5 Å². The van der Waals surface area contributed by atoms with Crippen molar-refractivity contribution in [3.8, 4) is 5.75 Å². The van der Waals surface area contributed by atoms with Crippen LogP contribution in [0.25, 0.3) is 10.2 Å². The lowest BCUT2D eigenvalue weighted by Gasteiger charge is -2.35. The molecule has 2 amide bonds. The molecule has 1 aliphatic heterocycles. The minimum absolute atomic E-state index is 0.0570. The highest BCUT2D eigenvalue weighted by Gasteiger charge is 2.26. The molecule has 0 aliphatic carbocycles. The molecule has 34 heavy (non-hydrogen) atoms. The second kappa shape index (κ2) is 9.58. The number of ether oxygens (including phenoxy) is 1. The average molecular weight is 483 g/mol. The van der Waals surface area contributed by atoms with E-state index in [-0.39, 0.29) is 23.9 Å². The number of nitrogens with one attached hydrogen (secondary N) is 1. The van der Waals surface area contributed by atoms with Crippen LogP contribution in [0.1, 0.15) is 41.1 Å². The zero-order chi connectivity index (χ0) is 24.6. The van der Waals surface area contributed by atoms with Crippen LogP contribution in [0.15, 0.2) is 29.3 Å². The Bertz CT molecular complexity index is 1300. The summed E-state index contributed by atoms with van der Waals surface area (Å²) >= 11 is 1.17. The molecule has 1 saturated heterocycles. The van der Waals surface area contributed by atoms with Gasteiger partial charge in [-0.3, -0.25) is 19.0 Å². The molecule has 2 atom stereocenters. The number of amides is 2. The Labute approximate surface area is 202 Å². The Morgan fingerprint density at radius 1 is 1.21 bits per heavy atom. The minimum atomic E-state index is -0.331. The first-order chi connectivity index (χ1) is 16.2. The molecular formula is C25H30N4O4S. The summed E-state index contributed by atoms with van der Waals surface area (Å²) in [7, 11) is 1.55. The summed E-state index contributed by atoms with van der Waals surface area (Å²) in [4.78, 5) is 46.3. The fraction of sp³-hybridized carbons (Fsp3) is 0.440. The third-order valence-corrected chi connectivity index (χ3v) is 7.45. The number of carbonyl (C=O) groups is 2. The van der Waals surface area contributed by atoms with E-state index in [2.05, 4.69) is 24.1 Å². The first-order valence-corrected chi connectivity index (χ1v) is 12.2. The van der Waals surface area contributed by atoms with E-state index in [4.69, 9.17) is 4.74 Å². The van der Waals surface area contributed by atoms with Crippen molar-refractivity contribution >= 4 is 39.1 Å². The van der Waals surface area contributed by atoms with E-state index in [1.165, 1.54) is 22.2 Å². The molecule has 1 aromatic carbocycles. The highest BCUT2D eigenvalue weighted by Crippen LogP contribution is 2.30. The zero-order valence-electron chi connectivity index (χ0n) is 20.2. The Morgan fingerprint density at radius 2 is 1.91 bits per heavy atom. The molecule has 0 radical (unpaired) electrons. The molecule has 3 heterocycles. The lowest BCUT2D eigenvalue weighted by atomic mass is 9.92. The molecule has 2 aromatic heterocycles. The number of fused-ring (bicyclic) bond motifs is 1. The lowest BCUT2D eigenvalue weighted by molar-refractivity contribution is -0.134. The number of carbonyl (C=O) groups excluding carboxylic acids is 2. The number of nitrogens with zero attached hydrogens (tertiary/aromatic N) is 3. The van der Waals surface area contributed by atoms with Crippen LogP contribution in [0.2, 0.25) is 0 Å². The number of thiophene rings is 1. The van der Waals surface area contributed by atoms with Gasteiger partial charge in [-0.2, -0.15) is 0 Å². The third-order valence-electron chi connectivity index (χ3n) is 6.25. The second-order valence-corrected chi connectivity index (χ2v) is 10.3. The Morgan fingerprint density at radius 3 is 2.59 bits per heavy atom. The van der Waals surface area contributed by atoms with Gasteiger partial charge in [-0.15, -0.1) is 11.3 Å². The van der Waals surface area contributed by atoms with Crippen LogP contribution in [0.3, 0.4) is 0 Å². The molecule has 8 nitrogen and oxygen atoms in total. The van der Waals surface area contributed by atoms with Crippen LogP contribution in [0, 0.1) is 25.7 Å². The molecule has 0 unspecified atom stereocenters. The van der Waals surface area contributed by atoms with Gasteiger partial charge >= 0.3 is 0 Å². The van der Waals surface area contributed by atoms with Crippen LogP contribution < -0.4 is 15.6 Å². The molecule has 4 rings (SSSR count). The van der Waals surface area contributed by atoms with Gasteiger partial charge in [-0.25, -0.2) is 4.98 Å². The van der Waals surface area contributed by atoms with E-state index < -0.39 is 0 Å². The normalized spacial score (nSPS) is 18.2. The molecule has 0 bridgehead atoms. The first-order valence-electron chi connectivity index (χ1n) is 11.4. The molecule has 0 spiro atoms. The minimum Gasteiger partial charge on any atom is -0.495 e. The fourth-order valence-electron chi connectivity index (χ4n) is 4.70. The number of hydrogen-bond donors (Lipinski definition) is 1. The number of aryl methyl sites for hydroxylation is 2. The lowest BCUT2D eigenvalue weighted by Crippen LogP contribution is -2.44. The van der Waals surface area contributed by atoms with Crippen molar-refractivity contribution < 1.29 is 14.3 Å². The number of methoxy groups -OCH3 is 1. The molecular weight excluding hydrogens is 452 g/mol. The SMILES string of the molecule is COc1ccc(C)cc1NC(=O)c1sc2ncn(CC(=O)N3C[C@H](C)C[C@H](C)C3)c(=O)c2c1C. The second-order valence-electron chi connectivity index (χ2n) is 9.32. The van der Waals surface area contributed by atoms with Crippen LogP contribution in [0.5, 0.6) is 5.75 Å². The number of piperidine rings is 1.